The van der Waals surface area contributed by atoms with E-state index < -0.39 is 23.5 Å². The summed E-state index contributed by atoms with van der Waals surface area (Å²) in [5.74, 6) is -0.800. The van der Waals surface area contributed by atoms with Gasteiger partial charge in [-0.2, -0.15) is 0 Å². The molecule has 4 N–H and O–H groups in total. The average molecular weight is 807 g/mol. The van der Waals surface area contributed by atoms with Gasteiger partial charge in [0.15, 0.2) is 5.60 Å². The number of ether oxygens (including phenoxy) is 1. The van der Waals surface area contributed by atoms with Crippen LogP contribution in [0.5, 0.6) is 5.75 Å². The van der Waals surface area contributed by atoms with Crippen molar-refractivity contribution >= 4 is 46.4 Å². The highest BCUT2D eigenvalue weighted by Gasteiger charge is 2.52. The van der Waals surface area contributed by atoms with Crippen molar-refractivity contribution in [3.8, 4) is 5.75 Å². The molecule has 0 saturated carbocycles. The first-order valence-corrected chi connectivity index (χ1v) is 20.5. The van der Waals surface area contributed by atoms with E-state index in [1.165, 1.54) is 0 Å². The van der Waals surface area contributed by atoms with Crippen LogP contribution in [-0.2, 0) is 45.9 Å². The van der Waals surface area contributed by atoms with E-state index in [1.807, 2.05) is 73.7 Å². The number of anilines is 3. The van der Waals surface area contributed by atoms with E-state index in [4.69, 9.17) is 16.3 Å². The van der Waals surface area contributed by atoms with Crippen LogP contribution in [0.2, 0.25) is 5.02 Å². The zero-order valence-electron chi connectivity index (χ0n) is 32.9. The number of carbonyl (C=O) groups excluding carboxylic acids is 3. The van der Waals surface area contributed by atoms with E-state index in [1.54, 1.807) is 52.0 Å². The lowest BCUT2D eigenvalue weighted by Gasteiger charge is -2.36. The Bertz CT molecular complexity index is 2190. The highest BCUT2D eigenvalue weighted by atomic mass is 35.5. The first-order chi connectivity index (χ1) is 28.1. The summed E-state index contributed by atoms with van der Waals surface area (Å²) in [6, 6.07) is 25.4. The largest absolute Gasteiger partial charge is 0.494 e. The molecule has 3 heterocycles. The third kappa shape index (κ3) is 8.15. The number of amides is 3. The van der Waals surface area contributed by atoms with Gasteiger partial charge < -0.3 is 35.2 Å². The van der Waals surface area contributed by atoms with Crippen LogP contribution in [0.1, 0.15) is 60.9 Å². The standard InChI is InChI=1S/C46H51ClN4O7/c1-3-58-38-17-19-41-34(24-38)25-40(48-20-6-7-21-52)44(55)51(41)36-14-9-11-31(22-36)27-50-42-18-16-35(47)26-39(42)46(57,45(50)56)30(2)10-8-15-43(54)49-28-33-13-5-4-12-32(33)23-37(49)29-53/h4-5,8-14,16-19,22,24,26,30,37,40,48,52-53,57H,3,6-7,15,20-21,23,25,27-29H2,1-2H3/b10-8+/t30-,37+,40?,46+/m1/s1. The Labute approximate surface area is 344 Å². The van der Waals surface area contributed by atoms with Gasteiger partial charge in [-0.1, -0.05) is 67.1 Å². The van der Waals surface area contributed by atoms with Crippen LogP contribution in [0.25, 0.3) is 0 Å². The van der Waals surface area contributed by atoms with Crippen molar-refractivity contribution in [2.45, 2.75) is 76.7 Å². The van der Waals surface area contributed by atoms with Crippen molar-refractivity contribution in [3.63, 3.8) is 0 Å². The van der Waals surface area contributed by atoms with Gasteiger partial charge in [-0.05, 0) is 110 Å². The molecule has 0 saturated heterocycles. The predicted octanol–water partition coefficient (Wildman–Crippen LogP) is 5.95. The fourth-order valence-corrected chi connectivity index (χ4v) is 8.62. The predicted molar refractivity (Wildman–Crippen MR) is 224 cm³/mol. The van der Waals surface area contributed by atoms with Gasteiger partial charge in [0.05, 0.1) is 43.2 Å². The number of rotatable bonds is 15. The fraction of sp³-hybridized carbons (Fsp3) is 0.370. The molecular formula is C46H51ClN4O7. The van der Waals surface area contributed by atoms with E-state index in [0.717, 1.165) is 40.1 Å². The Morgan fingerprint density at radius 2 is 1.76 bits per heavy atom. The molecule has 12 heteroatoms. The molecular weight excluding hydrogens is 756 g/mol. The summed E-state index contributed by atoms with van der Waals surface area (Å²) in [4.78, 5) is 47.0. The number of benzene rings is 4. The molecule has 0 fully saturated rings. The number of hydrogen-bond donors (Lipinski definition) is 4. The van der Waals surface area contributed by atoms with Crippen molar-refractivity contribution in [2.24, 2.45) is 5.92 Å². The summed E-state index contributed by atoms with van der Waals surface area (Å²) >= 11 is 6.46. The van der Waals surface area contributed by atoms with Crippen LogP contribution < -0.4 is 19.9 Å². The number of unbranched alkanes of at least 4 members (excludes halogenated alkanes) is 1. The second-order valence-electron chi connectivity index (χ2n) is 15.3. The highest BCUT2D eigenvalue weighted by molar-refractivity contribution is 6.31. The van der Waals surface area contributed by atoms with Crippen molar-refractivity contribution in [1.29, 1.82) is 0 Å². The Hall–Kier alpha value is -5.04. The molecule has 3 aliphatic heterocycles. The minimum atomic E-state index is -1.97. The number of aliphatic hydroxyl groups excluding tert-OH is 2. The molecule has 7 rings (SSSR count). The molecule has 304 valence electrons. The minimum absolute atomic E-state index is 0.0382. The third-order valence-corrected chi connectivity index (χ3v) is 11.8. The summed E-state index contributed by atoms with van der Waals surface area (Å²) in [6.07, 6.45) is 5.85. The summed E-state index contributed by atoms with van der Waals surface area (Å²) in [6.45, 7) is 5.22. The van der Waals surface area contributed by atoms with Crippen molar-refractivity contribution in [3.05, 3.63) is 130 Å². The van der Waals surface area contributed by atoms with Gasteiger partial charge >= 0.3 is 0 Å². The van der Waals surface area contributed by atoms with Crippen molar-refractivity contribution in [1.82, 2.24) is 10.2 Å². The van der Waals surface area contributed by atoms with Crippen LogP contribution in [0.4, 0.5) is 17.1 Å². The number of nitrogens with zero attached hydrogens (tertiary/aromatic N) is 3. The molecule has 0 bridgehead atoms. The highest BCUT2D eigenvalue weighted by Crippen LogP contribution is 2.47. The molecule has 58 heavy (non-hydrogen) atoms. The second-order valence-corrected chi connectivity index (χ2v) is 15.7. The second kappa shape index (κ2) is 17.8. The first kappa shape index (κ1) is 41.1. The Morgan fingerprint density at radius 1 is 0.966 bits per heavy atom. The lowest BCUT2D eigenvalue weighted by atomic mass is 9.83. The SMILES string of the molecule is CCOc1ccc2c(c1)CC(NCCCCO)C(=O)N2c1cccc(CN2C(=O)[C@](O)([C@H](C)/C=C/CC(=O)N3Cc4ccccc4C[C@H]3CO)c3cc(Cl)ccc32)c1. The molecule has 3 aliphatic rings. The molecule has 0 aliphatic carbocycles. The van der Waals surface area contributed by atoms with Gasteiger partial charge in [-0.3, -0.25) is 19.3 Å². The van der Waals surface area contributed by atoms with E-state index in [2.05, 4.69) is 5.32 Å². The molecule has 4 aromatic carbocycles. The zero-order chi connectivity index (χ0) is 41.0. The number of halogens is 1. The van der Waals surface area contributed by atoms with Crippen LogP contribution in [0.15, 0.2) is 97.1 Å². The fourth-order valence-electron chi connectivity index (χ4n) is 8.45. The smallest absolute Gasteiger partial charge is 0.264 e. The van der Waals surface area contributed by atoms with Crippen molar-refractivity contribution < 1.29 is 34.4 Å². The zero-order valence-corrected chi connectivity index (χ0v) is 33.7. The molecule has 0 spiro atoms. The quantitative estimate of drug-likeness (QED) is 0.0853. The van der Waals surface area contributed by atoms with Gasteiger partial charge in [0, 0.05) is 41.8 Å². The van der Waals surface area contributed by atoms with Crippen molar-refractivity contribution in [2.75, 3.05) is 36.2 Å². The van der Waals surface area contributed by atoms with Crippen LogP contribution in [0, 0.1) is 5.92 Å². The summed E-state index contributed by atoms with van der Waals surface area (Å²) in [5.41, 5.74) is 4.19. The van der Waals surface area contributed by atoms with Crippen LogP contribution in [0.3, 0.4) is 0 Å². The van der Waals surface area contributed by atoms with Gasteiger partial charge in [0.1, 0.15) is 5.75 Å². The van der Waals surface area contributed by atoms with E-state index in [9.17, 15) is 29.7 Å². The van der Waals surface area contributed by atoms with E-state index in [0.29, 0.717) is 60.9 Å². The van der Waals surface area contributed by atoms with Gasteiger partial charge in [0.25, 0.3) is 5.91 Å². The van der Waals surface area contributed by atoms with E-state index >= 15 is 0 Å². The monoisotopic (exact) mass is 806 g/mol. The summed E-state index contributed by atoms with van der Waals surface area (Å²) in [5, 5.41) is 35.5. The lowest BCUT2D eigenvalue weighted by molar-refractivity contribution is -0.139. The maximum atomic E-state index is 14.5. The van der Waals surface area contributed by atoms with Gasteiger partial charge in [-0.15, -0.1) is 0 Å². The number of nitrogens with one attached hydrogen (secondary N) is 1. The van der Waals surface area contributed by atoms with Crippen LogP contribution >= 0.6 is 11.6 Å². The maximum Gasteiger partial charge on any atom is 0.264 e. The minimum Gasteiger partial charge on any atom is -0.494 e. The Morgan fingerprint density at radius 3 is 2.53 bits per heavy atom. The van der Waals surface area contributed by atoms with E-state index in [-0.39, 0.29) is 44.0 Å². The molecule has 1 unspecified atom stereocenters. The molecule has 4 atom stereocenters. The van der Waals surface area contributed by atoms with Crippen LogP contribution in [-0.4, -0.2) is 76.4 Å². The maximum absolute atomic E-state index is 14.5. The third-order valence-electron chi connectivity index (χ3n) is 11.5. The van der Waals surface area contributed by atoms with Gasteiger partial charge in [-0.25, -0.2) is 0 Å². The first-order valence-electron chi connectivity index (χ1n) is 20.1. The molecule has 0 radical (unpaired) electrons. The van der Waals surface area contributed by atoms with Gasteiger partial charge in [0.2, 0.25) is 11.8 Å². The number of fused-ring (bicyclic) bond motifs is 3. The molecule has 0 aromatic heterocycles. The Kier molecular flexibility index (Phi) is 12.7. The molecule has 11 nitrogen and oxygen atoms in total. The molecule has 4 aromatic rings. The number of carbonyl (C=O) groups is 3. The lowest BCUT2D eigenvalue weighted by Crippen LogP contribution is -2.49. The Balaban J connectivity index is 1.12. The summed E-state index contributed by atoms with van der Waals surface area (Å²) in [7, 11) is 0. The number of hydrogen-bond acceptors (Lipinski definition) is 8. The average Bonchev–Trinajstić information content (AvgIpc) is 3.43. The topological polar surface area (TPSA) is 143 Å². The normalized spacial score (nSPS) is 20.6. The summed E-state index contributed by atoms with van der Waals surface area (Å²) < 4.78 is 5.79. The molecule has 3 amide bonds. The number of aliphatic hydroxyl groups is 3.